The zero-order valence-corrected chi connectivity index (χ0v) is 14.5. The second-order valence-electron chi connectivity index (χ2n) is 6.71. The number of imidazole rings is 1. The van der Waals surface area contributed by atoms with Gasteiger partial charge in [0.1, 0.15) is 5.69 Å². The number of aromatic amines is 1. The number of benzene rings is 1. The van der Waals surface area contributed by atoms with Gasteiger partial charge in [-0.15, -0.1) is 0 Å². The summed E-state index contributed by atoms with van der Waals surface area (Å²) in [5.74, 6) is 0.0793. The van der Waals surface area contributed by atoms with Crippen molar-refractivity contribution in [3.05, 3.63) is 54.2 Å². The Morgan fingerprint density at radius 3 is 2.96 bits per heavy atom. The van der Waals surface area contributed by atoms with E-state index in [2.05, 4.69) is 39.1 Å². The highest BCUT2D eigenvalue weighted by Crippen LogP contribution is 2.17. The first kappa shape index (κ1) is 15.9. The molecule has 25 heavy (non-hydrogen) atoms. The lowest BCUT2D eigenvalue weighted by Crippen LogP contribution is -2.35. The van der Waals surface area contributed by atoms with E-state index in [-0.39, 0.29) is 5.91 Å². The average molecular weight is 337 g/mol. The van der Waals surface area contributed by atoms with E-state index >= 15 is 0 Å². The molecule has 0 aliphatic carbocycles. The number of nitrogens with one attached hydrogen (secondary N) is 1. The van der Waals surface area contributed by atoms with Crippen molar-refractivity contribution < 1.29 is 4.79 Å². The number of hydrogen-bond donors (Lipinski definition) is 1. The fourth-order valence-electron chi connectivity index (χ4n) is 3.52. The number of fused-ring (bicyclic) bond motifs is 1. The van der Waals surface area contributed by atoms with Crippen molar-refractivity contribution in [2.24, 2.45) is 7.05 Å². The van der Waals surface area contributed by atoms with Crippen LogP contribution in [0.3, 0.4) is 0 Å². The summed E-state index contributed by atoms with van der Waals surface area (Å²) in [6, 6.07) is 8.67. The fourth-order valence-corrected chi connectivity index (χ4v) is 3.52. The van der Waals surface area contributed by atoms with Crippen molar-refractivity contribution in [1.29, 1.82) is 0 Å². The number of aryl methyl sites for hydroxylation is 1. The lowest BCUT2D eigenvalue weighted by atomic mass is 10.1. The maximum absolute atomic E-state index is 12.7. The molecule has 130 valence electrons. The third-order valence-corrected chi connectivity index (χ3v) is 4.94. The summed E-state index contributed by atoms with van der Waals surface area (Å²) in [6.45, 7) is 4.40. The van der Waals surface area contributed by atoms with Crippen LogP contribution in [0.15, 0.2) is 43.0 Å². The molecule has 2 aromatic heterocycles. The molecule has 6 nitrogen and oxygen atoms in total. The van der Waals surface area contributed by atoms with Crippen LogP contribution in [-0.2, 0) is 13.6 Å². The Morgan fingerprint density at radius 1 is 1.20 bits per heavy atom. The number of nitrogens with zero attached hydrogens (tertiary/aromatic N) is 4. The van der Waals surface area contributed by atoms with Crippen molar-refractivity contribution in [2.45, 2.75) is 13.0 Å². The molecule has 3 heterocycles. The summed E-state index contributed by atoms with van der Waals surface area (Å²) in [5.41, 5.74) is 3.15. The molecule has 4 rings (SSSR count). The second kappa shape index (κ2) is 6.72. The van der Waals surface area contributed by atoms with Crippen LogP contribution < -0.4 is 0 Å². The van der Waals surface area contributed by atoms with Gasteiger partial charge in [0.2, 0.25) is 0 Å². The van der Waals surface area contributed by atoms with Gasteiger partial charge in [0, 0.05) is 51.5 Å². The third kappa shape index (κ3) is 3.30. The molecule has 0 atom stereocenters. The lowest BCUT2D eigenvalue weighted by molar-refractivity contribution is 0.0751. The van der Waals surface area contributed by atoms with E-state index in [1.165, 1.54) is 16.5 Å². The highest BCUT2D eigenvalue weighted by molar-refractivity contribution is 5.92. The lowest BCUT2D eigenvalue weighted by Gasteiger charge is -2.22. The molecule has 1 aromatic carbocycles. The number of amides is 1. The summed E-state index contributed by atoms with van der Waals surface area (Å²) in [6.07, 6.45) is 6.30. The Hall–Kier alpha value is -2.60. The molecular formula is C19H23N5O. The van der Waals surface area contributed by atoms with Crippen LogP contribution in [0.1, 0.15) is 22.5 Å². The van der Waals surface area contributed by atoms with Crippen LogP contribution in [0.2, 0.25) is 0 Å². The molecule has 1 aliphatic heterocycles. The monoisotopic (exact) mass is 337 g/mol. The Balaban J connectivity index is 1.41. The smallest absolute Gasteiger partial charge is 0.272 e. The number of aromatic nitrogens is 3. The molecular weight excluding hydrogens is 314 g/mol. The molecule has 1 fully saturated rings. The number of hydrogen-bond acceptors (Lipinski definition) is 3. The van der Waals surface area contributed by atoms with Crippen LogP contribution in [0.25, 0.3) is 10.9 Å². The van der Waals surface area contributed by atoms with E-state index in [4.69, 9.17) is 0 Å². The minimum atomic E-state index is 0.0793. The van der Waals surface area contributed by atoms with Gasteiger partial charge in [-0.3, -0.25) is 9.69 Å². The first-order valence-corrected chi connectivity index (χ1v) is 8.75. The van der Waals surface area contributed by atoms with Gasteiger partial charge in [-0.25, -0.2) is 4.98 Å². The van der Waals surface area contributed by atoms with Gasteiger partial charge < -0.3 is 14.5 Å². The summed E-state index contributed by atoms with van der Waals surface area (Å²) < 4.78 is 1.79. The van der Waals surface area contributed by atoms with E-state index in [1.807, 2.05) is 18.1 Å². The topological polar surface area (TPSA) is 57.2 Å². The zero-order chi connectivity index (χ0) is 17.2. The van der Waals surface area contributed by atoms with Crippen LogP contribution in [0, 0.1) is 0 Å². The van der Waals surface area contributed by atoms with Gasteiger partial charge in [-0.2, -0.15) is 0 Å². The molecule has 1 saturated heterocycles. The zero-order valence-electron chi connectivity index (χ0n) is 14.5. The minimum Gasteiger partial charge on any atom is -0.361 e. The number of rotatable bonds is 3. The second-order valence-corrected chi connectivity index (χ2v) is 6.71. The van der Waals surface area contributed by atoms with E-state index in [0.29, 0.717) is 5.69 Å². The SMILES string of the molecule is Cn1cncc1C(=O)N1CCCN(Cc2ccc3[nH]ccc3c2)CC1. The highest BCUT2D eigenvalue weighted by atomic mass is 16.2. The summed E-state index contributed by atoms with van der Waals surface area (Å²) in [4.78, 5) is 24.3. The predicted molar refractivity (Wildman–Crippen MR) is 97.3 cm³/mol. The molecule has 1 N–H and O–H groups in total. The molecule has 1 aliphatic rings. The Bertz CT molecular complexity index is 881. The van der Waals surface area contributed by atoms with Crippen LogP contribution in [0.4, 0.5) is 0 Å². The predicted octanol–water partition coefficient (Wildman–Crippen LogP) is 2.25. The molecule has 3 aromatic rings. The quantitative estimate of drug-likeness (QED) is 0.797. The largest absolute Gasteiger partial charge is 0.361 e. The number of carbonyl (C=O) groups excluding carboxylic acids is 1. The Labute approximate surface area is 147 Å². The van der Waals surface area contributed by atoms with Gasteiger partial charge in [-0.1, -0.05) is 6.07 Å². The number of H-pyrrole nitrogens is 1. The normalized spacial score (nSPS) is 16.3. The van der Waals surface area contributed by atoms with Gasteiger partial charge in [0.25, 0.3) is 5.91 Å². The summed E-state index contributed by atoms with van der Waals surface area (Å²) >= 11 is 0. The summed E-state index contributed by atoms with van der Waals surface area (Å²) in [7, 11) is 1.86. The maximum atomic E-state index is 12.7. The van der Waals surface area contributed by atoms with Crippen LogP contribution in [0.5, 0.6) is 0 Å². The molecule has 0 spiro atoms. The number of carbonyl (C=O) groups is 1. The summed E-state index contributed by atoms with van der Waals surface area (Å²) in [5, 5.41) is 1.25. The molecule has 0 unspecified atom stereocenters. The maximum Gasteiger partial charge on any atom is 0.272 e. The molecule has 6 heteroatoms. The molecule has 0 bridgehead atoms. The van der Waals surface area contributed by atoms with E-state index in [0.717, 1.165) is 39.1 Å². The fraction of sp³-hybridized carbons (Fsp3) is 0.368. The Kier molecular flexibility index (Phi) is 4.28. The van der Waals surface area contributed by atoms with Crippen LogP contribution >= 0.6 is 0 Å². The van der Waals surface area contributed by atoms with Crippen molar-refractivity contribution in [2.75, 3.05) is 26.2 Å². The third-order valence-electron chi connectivity index (χ3n) is 4.94. The van der Waals surface area contributed by atoms with Gasteiger partial charge in [0.05, 0.1) is 12.5 Å². The Morgan fingerprint density at radius 2 is 2.12 bits per heavy atom. The molecule has 0 radical (unpaired) electrons. The van der Waals surface area contributed by atoms with E-state index in [1.54, 1.807) is 17.1 Å². The van der Waals surface area contributed by atoms with Crippen molar-refractivity contribution >= 4 is 16.8 Å². The van der Waals surface area contributed by atoms with Crippen LogP contribution in [-0.4, -0.2) is 56.4 Å². The van der Waals surface area contributed by atoms with E-state index < -0.39 is 0 Å². The van der Waals surface area contributed by atoms with Gasteiger partial charge in [-0.05, 0) is 35.6 Å². The van der Waals surface area contributed by atoms with Gasteiger partial charge >= 0.3 is 0 Å². The van der Waals surface area contributed by atoms with Crippen molar-refractivity contribution in [1.82, 2.24) is 24.3 Å². The standard InChI is InChI=1S/C19H23N5O/c1-22-14-20-12-18(22)19(25)24-8-2-7-23(9-10-24)13-15-3-4-17-16(11-15)5-6-21-17/h3-6,11-12,14,21H,2,7-10,13H2,1H3. The van der Waals surface area contributed by atoms with Gasteiger partial charge in [0.15, 0.2) is 0 Å². The first-order valence-electron chi connectivity index (χ1n) is 8.75. The molecule has 1 amide bonds. The van der Waals surface area contributed by atoms with Crippen molar-refractivity contribution in [3.63, 3.8) is 0 Å². The average Bonchev–Trinajstić information content (AvgIpc) is 3.18. The van der Waals surface area contributed by atoms with E-state index in [9.17, 15) is 4.79 Å². The molecule has 0 saturated carbocycles. The minimum absolute atomic E-state index is 0.0793. The van der Waals surface area contributed by atoms with Crippen molar-refractivity contribution in [3.8, 4) is 0 Å². The first-order chi connectivity index (χ1) is 12.2. The highest BCUT2D eigenvalue weighted by Gasteiger charge is 2.22.